The molecule has 6 nitrogen and oxygen atoms in total. The van der Waals surface area contributed by atoms with E-state index < -0.39 is 9.84 Å². The molecule has 7 heteroatoms. The van der Waals surface area contributed by atoms with Crippen molar-refractivity contribution >= 4 is 9.84 Å². The van der Waals surface area contributed by atoms with Crippen LogP contribution in [-0.4, -0.2) is 36.2 Å². The quantitative estimate of drug-likeness (QED) is 0.840. The molecule has 0 saturated carbocycles. The molecule has 0 bridgehead atoms. The van der Waals surface area contributed by atoms with Crippen LogP contribution in [0.2, 0.25) is 0 Å². The zero-order valence-corrected chi connectivity index (χ0v) is 11.4. The van der Waals surface area contributed by atoms with E-state index in [2.05, 4.69) is 15.0 Å². The van der Waals surface area contributed by atoms with Gasteiger partial charge in [0.15, 0.2) is 9.84 Å². The lowest BCUT2D eigenvalue weighted by atomic mass is 10.3. The van der Waals surface area contributed by atoms with E-state index in [1.165, 1.54) is 31.8 Å². The number of sulfone groups is 1. The molecule has 19 heavy (non-hydrogen) atoms. The molecule has 2 rings (SSSR count). The lowest BCUT2D eigenvalue weighted by Crippen LogP contribution is -2.07. The second-order valence-electron chi connectivity index (χ2n) is 3.70. The molecule has 2 heterocycles. The molecule has 0 aliphatic rings. The molecule has 0 atom stereocenters. The third-order valence-corrected chi connectivity index (χ3v) is 4.33. The van der Waals surface area contributed by atoms with Gasteiger partial charge in [0.1, 0.15) is 11.4 Å². The summed E-state index contributed by atoms with van der Waals surface area (Å²) in [5, 5.41) is 0. The molecule has 100 valence electrons. The Bertz CT molecular complexity index is 669. The normalized spacial score (nSPS) is 11.3. The fraction of sp³-hybridized carbons (Fsp3) is 0.250. The topological polar surface area (TPSA) is 82.0 Å². The lowest BCUT2D eigenvalue weighted by molar-refractivity contribution is 0.396. The largest absolute Gasteiger partial charge is 0.480 e. The van der Waals surface area contributed by atoms with Gasteiger partial charge in [0, 0.05) is 6.20 Å². The van der Waals surface area contributed by atoms with Gasteiger partial charge in [-0.25, -0.2) is 18.4 Å². The highest BCUT2D eigenvalue weighted by atomic mass is 32.2. The minimum absolute atomic E-state index is 0.00920. The first-order chi connectivity index (χ1) is 9.08. The summed E-state index contributed by atoms with van der Waals surface area (Å²) in [5.41, 5.74) is 0.702. The first kappa shape index (κ1) is 13.4. The van der Waals surface area contributed by atoms with Crippen LogP contribution < -0.4 is 4.74 Å². The number of aromatic nitrogens is 3. The van der Waals surface area contributed by atoms with Crippen LogP contribution >= 0.6 is 0 Å². The van der Waals surface area contributed by atoms with Gasteiger partial charge in [-0.05, 0) is 12.1 Å². The first-order valence-corrected chi connectivity index (χ1v) is 7.28. The molecule has 0 radical (unpaired) electrons. The van der Waals surface area contributed by atoms with Crippen molar-refractivity contribution in [3.05, 3.63) is 30.7 Å². The summed E-state index contributed by atoms with van der Waals surface area (Å²) in [6, 6.07) is 3.11. The van der Waals surface area contributed by atoms with E-state index in [1.54, 1.807) is 13.0 Å². The van der Waals surface area contributed by atoms with E-state index in [1.807, 2.05) is 0 Å². The highest BCUT2D eigenvalue weighted by Gasteiger charge is 2.19. The Kier molecular flexibility index (Phi) is 3.75. The minimum atomic E-state index is -3.35. The standard InChI is InChI=1S/C12H13N3O3S/c1-3-19(16,17)10-5-4-6-13-12(10)9-7-15-11(18-2)8-14-9/h4-8H,3H2,1-2H3. The number of pyridine rings is 1. The Balaban J connectivity index is 2.56. The van der Waals surface area contributed by atoms with Crippen molar-refractivity contribution in [2.75, 3.05) is 12.9 Å². The lowest BCUT2D eigenvalue weighted by Gasteiger charge is -2.07. The Labute approximate surface area is 111 Å². The third-order valence-electron chi connectivity index (χ3n) is 2.57. The van der Waals surface area contributed by atoms with Crippen LogP contribution in [0.3, 0.4) is 0 Å². The number of ether oxygens (including phenoxy) is 1. The molecule has 0 unspecified atom stereocenters. The molecular weight excluding hydrogens is 266 g/mol. The fourth-order valence-electron chi connectivity index (χ4n) is 1.53. The summed E-state index contributed by atoms with van der Waals surface area (Å²) in [6.07, 6.45) is 4.39. The molecule has 0 N–H and O–H groups in total. The zero-order chi connectivity index (χ0) is 13.9. The van der Waals surface area contributed by atoms with Gasteiger partial charge < -0.3 is 4.74 Å². The second kappa shape index (κ2) is 5.31. The van der Waals surface area contributed by atoms with Crippen molar-refractivity contribution in [1.29, 1.82) is 0 Å². The molecule has 0 aliphatic heterocycles. The summed E-state index contributed by atoms with van der Waals surface area (Å²) in [6.45, 7) is 1.59. The molecule has 0 spiro atoms. The van der Waals surface area contributed by atoms with Crippen LogP contribution in [0.4, 0.5) is 0 Å². The van der Waals surface area contributed by atoms with E-state index in [9.17, 15) is 8.42 Å². The summed E-state index contributed by atoms with van der Waals surface area (Å²) in [5.74, 6) is 0.370. The van der Waals surface area contributed by atoms with Gasteiger partial charge >= 0.3 is 0 Å². The molecule has 0 saturated heterocycles. The van der Waals surface area contributed by atoms with Gasteiger partial charge in [-0.2, -0.15) is 0 Å². The predicted octanol–water partition coefficient (Wildman–Crippen LogP) is 1.34. The molecule has 0 amide bonds. The zero-order valence-electron chi connectivity index (χ0n) is 10.6. The minimum Gasteiger partial charge on any atom is -0.480 e. The second-order valence-corrected chi connectivity index (χ2v) is 5.94. The average Bonchev–Trinajstić information content (AvgIpc) is 2.47. The Morgan fingerprint density at radius 1 is 1.21 bits per heavy atom. The van der Waals surface area contributed by atoms with E-state index >= 15 is 0 Å². The van der Waals surface area contributed by atoms with Gasteiger partial charge in [-0.15, -0.1) is 0 Å². The fourth-order valence-corrected chi connectivity index (χ4v) is 2.58. The van der Waals surface area contributed by atoms with E-state index in [0.29, 0.717) is 17.3 Å². The van der Waals surface area contributed by atoms with Crippen molar-refractivity contribution in [3.8, 4) is 17.3 Å². The monoisotopic (exact) mass is 279 g/mol. The smallest absolute Gasteiger partial charge is 0.232 e. The summed E-state index contributed by atoms with van der Waals surface area (Å²) < 4.78 is 28.9. The Hall–Kier alpha value is -2.02. The number of hydrogen-bond acceptors (Lipinski definition) is 6. The van der Waals surface area contributed by atoms with Crippen molar-refractivity contribution in [2.24, 2.45) is 0 Å². The van der Waals surface area contributed by atoms with Crippen LogP contribution in [0.5, 0.6) is 5.88 Å². The molecular formula is C12H13N3O3S. The van der Waals surface area contributed by atoms with E-state index in [4.69, 9.17) is 4.74 Å². The van der Waals surface area contributed by atoms with E-state index in [0.717, 1.165) is 0 Å². The molecule has 2 aromatic heterocycles. The van der Waals surface area contributed by atoms with Crippen molar-refractivity contribution < 1.29 is 13.2 Å². The number of nitrogens with zero attached hydrogens (tertiary/aromatic N) is 3. The molecule has 0 aromatic carbocycles. The van der Waals surface area contributed by atoms with Gasteiger partial charge in [-0.1, -0.05) is 6.92 Å². The number of methoxy groups -OCH3 is 1. The van der Waals surface area contributed by atoms with Crippen LogP contribution in [0.15, 0.2) is 35.6 Å². The van der Waals surface area contributed by atoms with E-state index in [-0.39, 0.29) is 10.6 Å². The van der Waals surface area contributed by atoms with Crippen LogP contribution in [0.25, 0.3) is 11.4 Å². The maximum absolute atomic E-state index is 12.0. The first-order valence-electron chi connectivity index (χ1n) is 5.62. The van der Waals surface area contributed by atoms with Gasteiger partial charge in [0.05, 0.1) is 30.2 Å². The van der Waals surface area contributed by atoms with Gasteiger partial charge in [0.25, 0.3) is 0 Å². The molecule has 0 aliphatic carbocycles. The SMILES string of the molecule is CCS(=O)(=O)c1cccnc1-c1cnc(OC)cn1. The predicted molar refractivity (Wildman–Crippen MR) is 69.5 cm³/mol. The molecule has 2 aromatic rings. The molecule has 0 fully saturated rings. The Morgan fingerprint density at radius 2 is 2.00 bits per heavy atom. The maximum atomic E-state index is 12.0. The summed E-state index contributed by atoms with van der Waals surface area (Å²) >= 11 is 0. The van der Waals surface area contributed by atoms with Crippen molar-refractivity contribution in [1.82, 2.24) is 15.0 Å². The van der Waals surface area contributed by atoms with Gasteiger partial charge in [0.2, 0.25) is 5.88 Å². The highest BCUT2D eigenvalue weighted by molar-refractivity contribution is 7.91. The number of rotatable bonds is 4. The van der Waals surface area contributed by atoms with Crippen LogP contribution in [-0.2, 0) is 9.84 Å². The van der Waals surface area contributed by atoms with Crippen LogP contribution in [0, 0.1) is 0 Å². The van der Waals surface area contributed by atoms with Crippen LogP contribution in [0.1, 0.15) is 6.92 Å². The highest BCUT2D eigenvalue weighted by Crippen LogP contribution is 2.24. The van der Waals surface area contributed by atoms with Crippen molar-refractivity contribution in [2.45, 2.75) is 11.8 Å². The third kappa shape index (κ3) is 2.70. The Morgan fingerprint density at radius 3 is 2.58 bits per heavy atom. The summed E-state index contributed by atoms with van der Waals surface area (Å²) in [7, 11) is -1.87. The average molecular weight is 279 g/mol. The summed E-state index contributed by atoms with van der Waals surface area (Å²) in [4.78, 5) is 12.4. The van der Waals surface area contributed by atoms with Gasteiger partial charge in [-0.3, -0.25) is 4.98 Å². The van der Waals surface area contributed by atoms with Crippen molar-refractivity contribution in [3.63, 3.8) is 0 Å². The number of hydrogen-bond donors (Lipinski definition) is 0. The maximum Gasteiger partial charge on any atom is 0.232 e.